The van der Waals surface area contributed by atoms with Crippen LogP contribution in [0.2, 0.25) is 0 Å². The van der Waals surface area contributed by atoms with Gasteiger partial charge in [-0.05, 0) is 30.6 Å². The molecule has 1 aliphatic carbocycles. The summed E-state index contributed by atoms with van der Waals surface area (Å²) in [6, 6.07) is 0. The average molecular weight is 187 g/mol. The lowest BCUT2D eigenvalue weighted by molar-refractivity contribution is 0.244. The van der Waals surface area contributed by atoms with Gasteiger partial charge >= 0.3 is 0 Å². The maximum Gasteiger partial charge on any atom is 0.0224 e. The largest absolute Gasteiger partial charge is 0.278 e. The molecule has 1 rings (SSSR count). The molecule has 0 aromatic heterocycles. The minimum atomic E-state index is 0.716. The van der Waals surface area contributed by atoms with Gasteiger partial charge in [0.15, 0.2) is 0 Å². The van der Waals surface area contributed by atoms with Crippen molar-refractivity contribution in [1.82, 2.24) is 0 Å². The first-order valence-electron chi connectivity index (χ1n) is 5.00. The smallest absolute Gasteiger partial charge is 0.0224 e. The Morgan fingerprint density at radius 3 is 2.50 bits per heavy atom. The first-order chi connectivity index (χ1) is 5.65. The molecule has 0 spiro atoms. The Hall–Kier alpha value is 0.310. The fourth-order valence-corrected chi connectivity index (χ4v) is 3.36. The molecule has 0 heterocycles. The van der Waals surface area contributed by atoms with Crippen LogP contribution in [0.25, 0.3) is 0 Å². The highest BCUT2D eigenvalue weighted by Gasteiger charge is 2.30. The van der Waals surface area contributed by atoms with Gasteiger partial charge in [-0.2, -0.15) is 0 Å². The molecule has 1 aliphatic rings. The zero-order valence-electron chi connectivity index (χ0n) is 8.42. The summed E-state index contributed by atoms with van der Waals surface area (Å²) in [5, 5.41) is 6.43. The third-order valence-corrected chi connectivity index (χ3v) is 4.03. The van der Waals surface area contributed by atoms with E-state index < -0.39 is 0 Å². The van der Waals surface area contributed by atoms with Gasteiger partial charge in [-0.15, -0.1) is 0 Å². The molecule has 12 heavy (non-hydrogen) atoms. The molecule has 0 saturated heterocycles. The molecular weight excluding hydrogens is 166 g/mol. The molecule has 0 aromatic carbocycles. The van der Waals surface area contributed by atoms with Gasteiger partial charge in [0.25, 0.3) is 0 Å². The van der Waals surface area contributed by atoms with Gasteiger partial charge in [0.1, 0.15) is 0 Å². The van der Waals surface area contributed by atoms with Crippen LogP contribution in [0.1, 0.15) is 40.0 Å². The van der Waals surface area contributed by atoms with E-state index in [1.807, 2.05) is 0 Å². The van der Waals surface area contributed by atoms with E-state index in [1.165, 1.54) is 19.3 Å². The van der Waals surface area contributed by atoms with Crippen LogP contribution in [-0.4, -0.2) is 5.25 Å². The van der Waals surface area contributed by atoms with Crippen LogP contribution in [-0.2, 0) is 0 Å². The summed E-state index contributed by atoms with van der Waals surface area (Å²) in [6.07, 6.45) is 4.11. The second-order valence-electron chi connectivity index (χ2n) is 4.50. The predicted octanol–water partition coefficient (Wildman–Crippen LogP) is 3.05. The molecule has 1 saturated carbocycles. The highest BCUT2D eigenvalue weighted by Crippen LogP contribution is 2.38. The van der Waals surface area contributed by atoms with E-state index in [9.17, 15) is 0 Å². The van der Waals surface area contributed by atoms with Crippen LogP contribution >= 0.6 is 11.9 Å². The van der Waals surface area contributed by atoms with Crippen molar-refractivity contribution in [2.24, 2.45) is 22.9 Å². The Labute approximate surface area is 80.6 Å². The topological polar surface area (TPSA) is 26.0 Å². The summed E-state index contributed by atoms with van der Waals surface area (Å²) in [5.41, 5.74) is 0. The van der Waals surface area contributed by atoms with Crippen molar-refractivity contribution in [3.8, 4) is 0 Å². The highest BCUT2D eigenvalue weighted by atomic mass is 32.2. The molecule has 72 valence electrons. The van der Waals surface area contributed by atoms with E-state index in [4.69, 9.17) is 5.14 Å². The Balaban J connectivity index is 2.50. The van der Waals surface area contributed by atoms with Crippen LogP contribution in [0.15, 0.2) is 0 Å². The zero-order valence-corrected chi connectivity index (χ0v) is 9.23. The number of hydrogen-bond acceptors (Lipinski definition) is 2. The second-order valence-corrected chi connectivity index (χ2v) is 5.38. The summed E-state index contributed by atoms with van der Waals surface area (Å²) in [6.45, 7) is 6.99. The maximum absolute atomic E-state index is 5.71. The summed E-state index contributed by atoms with van der Waals surface area (Å²) < 4.78 is 0. The summed E-state index contributed by atoms with van der Waals surface area (Å²) in [5.74, 6) is 2.55. The number of rotatable bonds is 2. The Morgan fingerprint density at radius 1 is 1.33 bits per heavy atom. The van der Waals surface area contributed by atoms with Crippen molar-refractivity contribution < 1.29 is 0 Å². The van der Waals surface area contributed by atoms with Gasteiger partial charge in [-0.3, -0.25) is 5.14 Å². The maximum atomic E-state index is 5.71. The molecule has 0 aliphatic heterocycles. The summed E-state index contributed by atoms with van der Waals surface area (Å²) in [7, 11) is 0. The SMILES string of the molecule is CC1CCC(C(C)C)C(SN)C1. The molecule has 0 bridgehead atoms. The fraction of sp³-hybridized carbons (Fsp3) is 1.00. The van der Waals surface area contributed by atoms with Crippen molar-refractivity contribution in [2.45, 2.75) is 45.3 Å². The third kappa shape index (κ3) is 2.40. The first-order valence-corrected chi connectivity index (χ1v) is 5.95. The molecule has 3 unspecified atom stereocenters. The van der Waals surface area contributed by atoms with Crippen LogP contribution in [0.3, 0.4) is 0 Å². The van der Waals surface area contributed by atoms with E-state index in [0.29, 0.717) is 5.25 Å². The Morgan fingerprint density at radius 2 is 2.00 bits per heavy atom. The van der Waals surface area contributed by atoms with Crippen molar-refractivity contribution in [3.05, 3.63) is 0 Å². The standard InChI is InChI=1S/C10H21NS/c1-7(2)9-5-4-8(3)6-10(9)12-11/h7-10H,4-6,11H2,1-3H3. The molecule has 0 radical (unpaired) electrons. The molecule has 2 N–H and O–H groups in total. The molecule has 3 atom stereocenters. The van der Waals surface area contributed by atoms with Gasteiger partial charge in [-0.25, -0.2) is 0 Å². The van der Waals surface area contributed by atoms with Crippen molar-refractivity contribution in [1.29, 1.82) is 0 Å². The summed E-state index contributed by atoms with van der Waals surface area (Å²) in [4.78, 5) is 0. The van der Waals surface area contributed by atoms with Crippen molar-refractivity contribution >= 4 is 11.9 Å². The van der Waals surface area contributed by atoms with Gasteiger partial charge in [0.2, 0.25) is 0 Å². The predicted molar refractivity (Wildman–Crippen MR) is 56.9 cm³/mol. The lowest BCUT2D eigenvalue weighted by Crippen LogP contribution is -2.30. The molecule has 1 fully saturated rings. The quantitative estimate of drug-likeness (QED) is 0.672. The molecular formula is C10H21NS. The van der Waals surface area contributed by atoms with Crippen LogP contribution in [0, 0.1) is 17.8 Å². The van der Waals surface area contributed by atoms with E-state index in [-0.39, 0.29) is 0 Å². The van der Waals surface area contributed by atoms with E-state index in [0.717, 1.165) is 17.8 Å². The van der Waals surface area contributed by atoms with Gasteiger partial charge in [0.05, 0.1) is 0 Å². The second kappa shape index (κ2) is 4.52. The van der Waals surface area contributed by atoms with Crippen LogP contribution < -0.4 is 5.14 Å². The van der Waals surface area contributed by atoms with Crippen LogP contribution in [0.5, 0.6) is 0 Å². The fourth-order valence-electron chi connectivity index (χ4n) is 2.27. The van der Waals surface area contributed by atoms with E-state index in [2.05, 4.69) is 20.8 Å². The van der Waals surface area contributed by atoms with Gasteiger partial charge < -0.3 is 0 Å². The first kappa shape index (κ1) is 10.4. The molecule has 0 aromatic rings. The van der Waals surface area contributed by atoms with Gasteiger partial charge in [0, 0.05) is 5.25 Å². The number of hydrogen-bond donors (Lipinski definition) is 1. The Bertz CT molecular complexity index is 136. The van der Waals surface area contributed by atoms with Crippen LogP contribution in [0.4, 0.5) is 0 Å². The van der Waals surface area contributed by atoms with Crippen molar-refractivity contribution in [3.63, 3.8) is 0 Å². The lowest BCUT2D eigenvalue weighted by Gasteiger charge is -2.35. The third-order valence-electron chi connectivity index (χ3n) is 3.14. The lowest BCUT2D eigenvalue weighted by atomic mass is 9.77. The molecule has 2 heteroatoms. The van der Waals surface area contributed by atoms with Crippen molar-refractivity contribution in [2.75, 3.05) is 0 Å². The normalized spacial score (nSPS) is 37.2. The zero-order chi connectivity index (χ0) is 9.14. The number of nitrogens with two attached hydrogens (primary N) is 1. The average Bonchev–Trinajstić information content (AvgIpc) is 2.03. The van der Waals surface area contributed by atoms with E-state index in [1.54, 1.807) is 11.9 Å². The summed E-state index contributed by atoms with van der Waals surface area (Å²) >= 11 is 1.59. The molecule has 1 nitrogen and oxygen atoms in total. The Kier molecular flexibility index (Phi) is 3.91. The minimum absolute atomic E-state index is 0.716. The molecule has 0 amide bonds. The monoisotopic (exact) mass is 187 g/mol. The van der Waals surface area contributed by atoms with Gasteiger partial charge in [-0.1, -0.05) is 39.1 Å². The minimum Gasteiger partial charge on any atom is -0.278 e. The highest BCUT2D eigenvalue weighted by molar-refractivity contribution is 7.97. The van der Waals surface area contributed by atoms with E-state index >= 15 is 0 Å².